The van der Waals surface area contributed by atoms with E-state index in [-0.39, 0.29) is 0 Å². The lowest BCUT2D eigenvalue weighted by Gasteiger charge is -2.13. The number of hydrogen-bond acceptors (Lipinski definition) is 3. The van der Waals surface area contributed by atoms with Crippen LogP contribution in [-0.2, 0) is 0 Å². The van der Waals surface area contributed by atoms with Crippen LogP contribution in [0.2, 0.25) is 0 Å². The second-order valence-electron chi connectivity index (χ2n) is 11.2. The average molecular weight is 560 g/mol. The number of nitrogens with zero attached hydrogens (tertiary/aromatic N) is 3. The largest absolute Gasteiger partial charge is 0.256 e. The molecular formula is C41H25N3. The highest BCUT2D eigenvalue weighted by atomic mass is 14.9. The Bertz CT molecular complexity index is 2340. The molecule has 8 aromatic rings. The maximum absolute atomic E-state index is 5.16. The maximum atomic E-state index is 5.16. The van der Waals surface area contributed by atoms with Crippen LogP contribution in [-0.4, -0.2) is 15.0 Å². The fourth-order valence-electron chi connectivity index (χ4n) is 6.65. The van der Waals surface area contributed by atoms with Crippen molar-refractivity contribution >= 4 is 21.7 Å². The van der Waals surface area contributed by atoms with E-state index in [1.807, 2.05) is 30.5 Å². The molecule has 0 unspecified atom stereocenters. The summed E-state index contributed by atoms with van der Waals surface area (Å²) >= 11 is 0. The van der Waals surface area contributed by atoms with Crippen molar-refractivity contribution in [1.82, 2.24) is 15.0 Å². The lowest BCUT2D eigenvalue weighted by atomic mass is 9.95. The second-order valence-corrected chi connectivity index (χ2v) is 11.2. The number of rotatable bonds is 4. The molecule has 204 valence electrons. The normalized spacial score (nSPS) is 11.6. The Morgan fingerprint density at radius 3 is 1.84 bits per heavy atom. The van der Waals surface area contributed by atoms with E-state index in [9.17, 15) is 0 Å². The fourth-order valence-corrected chi connectivity index (χ4v) is 6.65. The smallest absolute Gasteiger partial charge is 0.160 e. The summed E-state index contributed by atoms with van der Waals surface area (Å²) in [4.78, 5) is 14.8. The number of aromatic nitrogens is 3. The molecule has 6 aromatic carbocycles. The number of para-hydroxylation sites is 1. The van der Waals surface area contributed by atoms with E-state index in [1.165, 1.54) is 38.6 Å². The standard InChI is InChI=1S/C41H25N3/c1-2-9-28(10-3-1)41-43-38(27-19-17-26(18-20-27)29-23-24-42-37-16-7-6-13-32(29)37)25-39(44-41)33-21-22-36-31-12-5-4-11-30(31)34-14-8-15-35(33)40(34)36/h1-25H. The molecule has 2 heterocycles. The molecule has 0 amide bonds. The van der Waals surface area contributed by atoms with E-state index in [0.717, 1.165) is 44.5 Å². The number of benzene rings is 6. The van der Waals surface area contributed by atoms with E-state index < -0.39 is 0 Å². The minimum Gasteiger partial charge on any atom is -0.256 e. The third-order valence-corrected chi connectivity index (χ3v) is 8.72. The molecule has 0 bridgehead atoms. The van der Waals surface area contributed by atoms with Gasteiger partial charge in [-0.1, -0.05) is 127 Å². The first kappa shape index (κ1) is 24.6. The zero-order chi connectivity index (χ0) is 29.0. The van der Waals surface area contributed by atoms with Crippen LogP contribution in [0.1, 0.15) is 0 Å². The van der Waals surface area contributed by atoms with E-state index >= 15 is 0 Å². The molecule has 0 saturated heterocycles. The zero-order valence-electron chi connectivity index (χ0n) is 23.8. The molecule has 0 aliphatic heterocycles. The third-order valence-electron chi connectivity index (χ3n) is 8.72. The minimum absolute atomic E-state index is 0.717. The molecule has 1 aliphatic rings. The minimum atomic E-state index is 0.717. The topological polar surface area (TPSA) is 38.7 Å². The van der Waals surface area contributed by atoms with Gasteiger partial charge in [0.05, 0.1) is 16.9 Å². The summed E-state index contributed by atoms with van der Waals surface area (Å²) in [6.45, 7) is 0. The molecule has 2 aromatic heterocycles. The first-order valence-corrected chi connectivity index (χ1v) is 14.9. The Labute approximate surface area is 255 Å². The third kappa shape index (κ3) is 3.87. The molecule has 0 N–H and O–H groups in total. The van der Waals surface area contributed by atoms with Crippen LogP contribution in [0, 0.1) is 0 Å². The van der Waals surface area contributed by atoms with Crippen molar-refractivity contribution < 1.29 is 0 Å². The van der Waals surface area contributed by atoms with E-state index in [2.05, 4.69) is 126 Å². The summed E-state index contributed by atoms with van der Waals surface area (Å²) in [6, 6.07) is 51.2. The summed E-state index contributed by atoms with van der Waals surface area (Å²) in [6.07, 6.45) is 1.88. The monoisotopic (exact) mass is 559 g/mol. The number of pyridine rings is 1. The summed E-state index contributed by atoms with van der Waals surface area (Å²) < 4.78 is 0. The van der Waals surface area contributed by atoms with Crippen LogP contribution < -0.4 is 0 Å². The van der Waals surface area contributed by atoms with Crippen molar-refractivity contribution in [2.45, 2.75) is 0 Å². The second kappa shape index (κ2) is 9.82. The van der Waals surface area contributed by atoms with Gasteiger partial charge in [-0.25, -0.2) is 9.97 Å². The molecule has 0 radical (unpaired) electrons. The highest BCUT2D eigenvalue weighted by Gasteiger charge is 2.23. The van der Waals surface area contributed by atoms with Crippen molar-refractivity contribution in [3.05, 3.63) is 152 Å². The van der Waals surface area contributed by atoms with Crippen LogP contribution in [0.25, 0.3) is 89.0 Å². The van der Waals surface area contributed by atoms with Gasteiger partial charge >= 0.3 is 0 Å². The van der Waals surface area contributed by atoms with Gasteiger partial charge in [-0.2, -0.15) is 0 Å². The SMILES string of the molecule is c1ccc(-c2nc(-c3ccc(-c4ccnc5ccccc45)cc3)cc(-c3ccc4c5c(cccc35)-c3ccccc3-4)n2)cc1. The molecule has 9 rings (SSSR count). The number of hydrogen-bond donors (Lipinski definition) is 0. The van der Waals surface area contributed by atoms with Crippen LogP contribution in [0.3, 0.4) is 0 Å². The zero-order valence-corrected chi connectivity index (χ0v) is 23.8. The predicted octanol–water partition coefficient (Wildman–Crippen LogP) is 10.5. The van der Waals surface area contributed by atoms with Crippen molar-refractivity contribution in [3.63, 3.8) is 0 Å². The van der Waals surface area contributed by atoms with E-state index in [4.69, 9.17) is 9.97 Å². The van der Waals surface area contributed by atoms with Crippen LogP contribution in [0.15, 0.2) is 152 Å². The fraction of sp³-hybridized carbons (Fsp3) is 0. The Morgan fingerprint density at radius 2 is 1.00 bits per heavy atom. The molecule has 44 heavy (non-hydrogen) atoms. The number of fused-ring (bicyclic) bond motifs is 4. The molecular weight excluding hydrogens is 534 g/mol. The molecule has 0 spiro atoms. The summed E-state index contributed by atoms with van der Waals surface area (Å²) in [7, 11) is 0. The van der Waals surface area contributed by atoms with Gasteiger partial charge in [-0.15, -0.1) is 0 Å². The predicted molar refractivity (Wildman–Crippen MR) is 181 cm³/mol. The molecule has 0 fully saturated rings. The Kier molecular flexibility index (Phi) is 5.50. The molecule has 0 atom stereocenters. The van der Waals surface area contributed by atoms with Gasteiger partial charge in [-0.05, 0) is 62.4 Å². The van der Waals surface area contributed by atoms with Gasteiger partial charge in [0, 0.05) is 28.3 Å². The van der Waals surface area contributed by atoms with Crippen molar-refractivity contribution in [2.24, 2.45) is 0 Å². The quantitative estimate of drug-likeness (QED) is 0.215. The van der Waals surface area contributed by atoms with Crippen LogP contribution in [0.4, 0.5) is 0 Å². The van der Waals surface area contributed by atoms with E-state index in [1.54, 1.807) is 0 Å². The summed E-state index contributed by atoms with van der Waals surface area (Å²) in [5.41, 5.74) is 13.4. The highest BCUT2D eigenvalue weighted by Crippen LogP contribution is 2.49. The van der Waals surface area contributed by atoms with Gasteiger partial charge in [0.1, 0.15) is 0 Å². The van der Waals surface area contributed by atoms with Crippen molar-refractivity contribution in [2.75, 3.05) is 0 Å². The Balaban J connectivity index is 1.21. The molecule has 0 saturated carbocycles. The van der Waals surface area contributed by atoms with Crippen LogP contribution >= 0.6 is 0 Å². The molecule has 1 aliphatic carbocycles. The lowest BCUT2D eigenvalue weighted by molar-refractivity contribution is 1.18. The van der Waals surface area contributed by atoms with Gasteiger partial charge in [-0.3, -0.25) is 4.98 Å². The Hall–Kier alpha value is -5.93. The first-order valence-electron chi connectivity index (χ1n) is 14.9. The average Bonchev–Trinajstić information content (AvgIpc) is 3.43. The molecule has 3 heteroatoms. The van der Waals surface area contributed by atoms with Crippen LogP contribution in [0.5, 0.6) is 0 Å². The molecule has 3 nitrogen and oxygen atoms in total. The first-order chi connectivity index (χ1) is 21.8. The highest BCUT2D eigenvalue weighted by molar-refractivity contribution is 6.18. The maximum Gasteiger partial charge on any atom is 0.160 e. The van der Waals surface area contributed by atoms with Crippen molar-refractivity contribution in [1.29, 1.82) is 0 Å². The van der Waals surface area contributed by atoms with Gasteiger partial charge in [0.15, 0.2) is 5.82 Å². The summed E-state index contributed by atoms with van der Waals surface area (Å²) in [5.74, 6) is 0.717. The lowest BCUT2D eigenvalue weighted by Crippen LogP contribution is -1.96. The summed E-state index contributed by atoms with van der Waals surface area (Å²) in [5, 5.41) is 3.65. The van der Waals surface area contributed by atoms with E-state index in [0.29, 0.717) is 5.82 Å². The van der Waals surface area contributed by atoms with Gasteiger partial charge in [0.25, 0.3) is 0 Å². The van der Waals surface area contributed by atoms with Gasteiger partial charge < -0.3 is 0 Å². The van der Waals surface area contributed by atoms with Gasteiger partial charge in [0.2, 0.25) is 0 Å². The Morgan fingerprint density at radius 1 is 0.364 bits per heavy atom. The van der Waals surface area contributed by atoms with Crippen molar-refractivity contribution in [3.8, 4) is 67.3 Å².